The Labute approximate surface area is 139 Å². The molecule has 2 aromatic rings. The highest BCUT2D eigenvalue weighted by atomic mass is 35.5. The summed E-state index contributed by atoms with van der Waals surface area (Å²) < 4.78 is 0. The molecule has 0 spiro atoms. The van der Waals surface area contributed by atoms with Crippen molar-refractivity contribution in [1.29, 1.82) is 0 Å². The number of halogens is 3. The molecule has 1 amide bonds. The fraction of sp³-hybridized carbons (Fsp3) is 0.188. The van der Waals surface area contributed by atoms with Crippen LogP contribution in [0, 0.1) is 6.92 Å². The van der Waals surface area contributed by atoms with Crippen LogP contribution in [0.2, 0.25) is 15.1 Å². The monoisotopic (exact) mass is 341 g/mol. The molecule has 2 nitrogen and oxygen atoms in total. The Kier molecular flexibility index (Phi) is 5.51. The van der Waals surface area contributed by atoms with Crippen LogP contribution in [-0.2, 0) is 11.2 Å². The molecule has 0 aliphatic heterocycles. The van der Waals surface area contributed by atoms with Gasteiger partial charge >= 0.3 is 0 Å². The summed E-state index contributed by atoms with van der Waals surface area (Å²) in [5.41, 5.74) is 2.57. The van der Waals surface area contributed by atoms with Crippen molar-refractivity contribution in [2.75, 3.05) is 5.32 Å². The highest BCUT2D eigenvalue weighted by Crippen LogP contribution is 2.23. The molecule has 0 heterocycles. The van der Waals surface area contributed by atoms with Crippen molar-refractivity contribution in [2.24, 2.45) is 0 Å². The van der Waals surface area contributed by atoms with Crippen LogP contribution in [0.3, 0.4) is 0 Å². The van der Waals surface area contributed by atoms with Crippen LogP contribution in [0.15, 0.2) is 36.4 Å². The van der Waals surface area contributed by atoms with Crippen LogP contribution >= 0.6 is 34.8 Å². The van der Waals surface area contributed by atoms with Gasteiger partial charge in [-0.2, -0.15) is 0 Å². The van der Waals surface area contributed by atoms with Crippen molar-refractivity contribution in [3.8, 4) is 0 Å². The van der Waals surface area contributed by atoms with Crippen molar-refractivity contribution in [3.05, 3.63) is 62.6 Å². The number of amides is 1. The smallest absolute Gasteiger partial charge is 0.224 e. The molecule has 0 aliphatic carbocycles. The molecule has 110 valence electrons. The van der Waals surface area contributed by atoms with Crippen LogP contribution in [0.1, 0.15) is 17.5 Å². The second kappa shape index (κ2) is 7.17. The molecule has 0 unspecified atom stereocenters. The van der Waals surface area contributed by atoms with Gasteiger partial charge in [0.2, 0.25) is 5.91 Å². The number of hydrogen-bond donors (Lipinski definition) is 1. The molecule has 0 saturated heterocycles. The Bertz CT molecular complexity index is 671. The maximum atomic E-state index is 11.9. The lowest BCUT2D eigenvalue weighted by Crippen LogP contribution is -2.12. The summed E-state index contributed by atoms with van der Waals surface area (Å²) >= 11 is 17.9. The Balaban J connectivity index is 1.94. The predicted molar refractivity (Wildman–Crippen MR) is 89.6 cm³/mol. The first-order valence-electron chi connectivity index (χ1n) is 6.45. The number of nitrogens with one attached hydrogen (secondary N) is 1. The zero-order valence-corrected chi connectivity index (χ0v) is 13.7. The molecular weight excluding hydrogens is 329 g/mol. The van der Waals surface area contributed by atoms with Gasteiger partial charge in [-0.3, -0.25) is 4.79 Å². The van der Waals surface area contributed by atoms with E-state index in [2.05, 4.69) is 5.32 Å². The van der Waals surface area contributed by atoms with Gasteiger partial charge in [0, 0.05) is 27.2 Å². The zero-order chi connectivity index (χ0) is 15.4. The average molecular weight is 343 g/mol. The number of rotatable bonds is 4. The first kappa shape index (κ1) is 16.2. The van der Waals surface area contributed by atoms with E-state index in [0.29, 0.717) is 33.6 Å². The fourth-order valence-electron chi connectivity index (χ4n) is 1.87. The second-order valence-corrected chi connectivity index (χ2v) is 6.00. The zero-order valence-electron chi connectivity index (χ0n) is 11.4. The van der Waals surface area contributed by atoms with Gasteiger partial charge in [-0.05, 0) is 48.7 Å². The molecule has 0 fully saturated rings. The number of aryl methyl sites for hydroxylation is 2. The third-order valence-corrected chi connectivity index (χ3v) is 4.09. The number of anilines is 1. The molecule has 1 N–H and O–H groups in total. The van der Waals surface area contributed by atoms with E-state index >= 15 is 0 Å². The van der Waals surface area contributed by atoms with E-state index in [-0.39, 0.29) is 5.91 Å². The predicted octanol–water partition coefficient (Wildman–Crippen LogP) is 5.53. The molecule has 2 aromatic carbocycles. The van der Waals surface area contributed by atoms with Crippen molar-refractivity contribution < 1.29 is 4.79 Å². The third-order valence-electron chi connectivity index (χ3n) is 3.09. The fourth-order valence-corrected chi connectivity index (χ4v) is 2.55. The van der Waals surface area contributed by atoms with Gasteiger partial charge in [-0.25, -0.2) is 0 Å². The van der Waals surface area contributed by atoms with Crippen LogP contribution < -0.4 is 5.32 Å². The highest BCUT2D eigenvalue weighted by molar-refractivity contribution is 6.35. The van der Waals surface area contributed by atoms with Gasteiger partial charge < -0.3 is 5.32 Å². The summed E-state index contributed by atoms with van der Waals surface area (Å²) in [7, 11) is 0. The lowest BCUT2D eigenvalue weighted by Gasteiger charge is -2.08. The van der Waals surface area contributed by atoms with Crippen LogP contribution in [0.25, 0.3) is 0 Å². The van der Waals surface area contributed by atoms with E-state index < -0.39 is 0 Å². The quantitative estimate of drug-likeness (QED) is 0.778. The molecular formula is C16H14Cl3NO. The van der Waals surface area contributed by atoms with Crippen LogP contribution in [0.5, 0.6) is 0 Å². The Hall–Kier alpha value is -1.22. The van der Waals surface area contributed by atoms with E-state index in [0.717, 1.165) is 11.1 Å². The lowest BCUT2D eigenvalue weighted by atomic mass is 10.1. The Morgan fingerprint density at radius 2 is 1.81 bits per heavy atom. The Morgan fingerprint density at radius 3 is 2.48 bits per heavy atom. The normalized spacial score (nSPS) is 10.5. The van der Waals surface area contributed by atoms with E-state index in [1.54, 1.807) is 18.2 Å². The minimum absolute atomic E-state index is 0.0825. The molecule has 0 atom stereocenters. The second-order valence-electron chi connectivity index (χ2n) is 4.75. The van der Waals surface area contributed by atoms with Crippen LogP contribution in [0.4, 0.5) is 5.69 Å². The average Bonchev–Trinajstić information content (AvgIpc) is 2.42. The van der Waals surface area contributed by atoms with Gasteiger partial charge in [-0.15, -0.1) is 0 Å². The highest BCUT2D eigenvalue weighted by Gasteiger charge is 2.07. The van der Waals surface area contributed by atoms with Crippen molar-refractivity contribution >= 4 is 46.4 Å². The van der Waals surface area contributed by atoms with Gasteiger partial charge in [0.05, 0.1) is 0 Å². The summed E-state index contributed by atoms with van der Waals surface area (Å²) in [6.45, 7) is 1.91. The standard InChI is InChI=1S/C16H14Cl3NO/c1-10-2-6-13(9-14(10)18)20-16(21)7-4-11-3-5-12(17)8-15(11)19/h2-3,5-6,8-9H,4,7H2,1H3,(H,20,21). The minimum Gasteiger partial charge on any atom is -0.326 e. The van der Waals surface area contributed by atoms with E-state index in [1.165, 1.54) is 0 Å². The maximum Gasteiger partial charge on any atom is 0.224 e. The van der Waals surface area contributed by atoms with Crippen molar-refractivity contribution in [3.63, 3.8) is 0 Å². The topological polar surface area (TPSA) is 29.1 Å². The summed E-state index contributed by atoms with van der Waals surface area (Å²) in [5, 5.41) is 4.61. The summed E-state index contributed by atoms with van der Waals surface area (Å²) in [5.74, 6) is -0.0825. The summed E-state index contributed by atoms with van der Waals surface area (Å²) in [4.78, 5) is 11.9. The van der Waals surface area contributed by atoms with Crippen molar-refractivity contribution in [2.45, 2.75) is 19.8 Å². The van der Waals surface area contributed by atoms with Gasteiger partial charge in [-0.1, -0.05) is 46.9 Å². The Morgan fingerprint density at radius 1 is 1.05 bits per heavy atom. The largest absolute Gasteiger partial charge is 0.326 e. The summed E-state index contributed by atoms with van der Waals surface area (Å²) in [6, 6.07) is 10.7. The van der Waals surface area contributed by atoms with Gasteiger partial charge in [0.25, 0.3) is 0 Å². The molecule has 0 aliphatic rings. The first-order valence-corrected chi connectivity index (χ1v) is 7.59. The maximum absolute atomic E-state index is 11.9. The number of carbonyl (C=O) groups excluding carboxylic acids is 1. The molecule has 5 heteroatoms. The number of hydrogen-bond acceptors (Lipinski definition) is 1. The molecule has 0 radical (unpaired) electrons. The molecule has 0 saturated carbocycles. The van der Waals surface area contributed by atoms with Crippen molar-refractivity contribution in [1.82, 2.24) is 0 Å². The molecule has 0 bridgehead atoms. The minimum atomic E-state index is -0.0825. The molecule has 21 heavy (non-hydrogen) atoms. The summed E-state index contributed by atoms with van der Waals surface area (Å²) in [6.07, 6.45) is 0.897. The number of carbonyl (C=O) groups is 1. The van der Waals surface area contributed by atoms with E-state index in [1.807, 2.05) is 25.1 Å². The SMILES string of the molecule is Cc1ccc(NC(=O)CCc2ccc(Cl)cc2Cl)cc1Cl. The molecule has 2 rings (SSSR count). The molecule has 0 aromatic heterocycles. The lowest BCUT2D eigenvalue weighted by molar-refractivity contribution is -0.116. The number of benzene rings is 2. The third kappa shape index (κ3) is 4.63. The van der Waals surface area contributed by atoms with E-state index in [4.69, 9.17) is 34.8 Å². The van der Waals surface area contributed by atoms with E-state index in [9.17, 15) is 4.79 Å². The van der Waals surface area contributed by atoms with Crippen LogP contribution in [-0.4, -0.2) is 5.91 Å². The van der Waals surface area contributed by atoms with Gasteiger partial charge in [0.15, 0.2) is 0 Å². The first-order chi connectivity index (χ1) is 9.95. The van der Waals surface area contributed by atoms with Gasteiger partial charge in [0.1, 0.15) is 0 Å².